The molecular weight excluding hydrogens is 217 g/mol. The highest BCUT2D eigenvalue weighted by atomic mass is 19.1. The summed E-state index contributed by atoms with van der Waals surface area (Å²) >= 11 is 0. The fraction of sp³-hybridized carbons (Fsp3) is 0.250. The Morgan fingerprint density at radius 3 is 3.00 bits per heavy atom. The Hall–Kier alpha value is -2.25. The van der Waals surface area contributed by atoms with Crippen LogP contribution in [0.4, 0.5) is 9.18 Å². The minimum atomic E-state index is -0.880. The van der Waals surface area contributed by atoms with E-state index >= 15 is 0 Å². The number of carbonyl (C=O) groups is 1. The summed E-state index contributed by atoms with van der Waals surface area (Å²) in [4.78, 5) is 27.1. The van der Waals surface area contributed by atoms with Crippen LogP contribution >= 0.6 is 0 Å². The maximum Gasteiger partial charge on any atom is 0.356 e. The van der Waals surface area contributed by atoms with Crippen molar-refractivity contribution in [2.45, 2.75) is 0 Å². The Morgan fingerprint density at radius 2 is 2.38 bits per heavy atom. The Balaban J connectivity index is 2.81. The summed E-state index contributed by atoms with van der Waals surface area (Å²) in [6.45, 7) is 0. The highest BCUT2D eigenvalue weighted by Crippen LogP contribution is 1.88. The van der Waals surface area contributed by atoms with E-state index in [-0.39, 0.29) is 0 Å². The quantitative estimate of drug-likeness (QED) is 0.417. The molecule has 0 bridgehead atoms. The number of halogens is 1. The number of hydrogen-bond acceptors (Lipinski definition) is 4. The summed E-state index contributed by atoms with van der Waals surface area (Å²) in [6.07, 6.45) is 2.78. The lowest BCUT2D eigenvalue weighted by molar-refractivity contribution is 0.241. The van der Waals surface area contributed by atoms with E-state index in [4.69, 9.17) is 0 Å². The molecule has 0 unspecified atom stereocenters. The maximum atomic E-state index is 12.7. The average Bonchev–Trinajstić information content (AvgIpc) is 2.21. The molecule has 1 aromatic rings. The zero-order valence-corrected chi connectivity index (χ0v) is 8.72. The van der Waals surface area contributed by atoms with Crippen molar-refractivity contribution in [1.29, 1.82) is 0 Å². The highest BCUT2D eigenvalue weighted by Gasteiger charge is 2.07. The molecule has 0 spiro atoms. The summed E-state index contributed by atoms with van der Waals surface area (Å²) < 4.78 is 13.2. The summed E-state index contributed by atoms with van der Waals surface area (Å²) in [6, 6.07) is -0.880. The number of rotatable bonds is 2. The number of aromatic nitrogens is 2. The average molecular weight is 227 g/mol. The van der Waals surface area contributed by atoms with Crippen molar-refractivity contribution in [3.05, 3.63) is 28.7 Å². The van der Waals surface area contributed by atoms with Crippen molar-refractivity contribution in [3.63, 3.8) is 0 Å². The van der Waals surface area contributed by atoms with E-state index in [0.717, 1.165) is 12.4 Å². The zero-order chi connectivity index (χ0) is 12.1. The molecule has 0 aliphatic carbocycles. The fourth-order valence-electron chi connectivity index (χ4n) is 0.790. The van der Waals surface area contributed by atoms with Crippen LogP contribution < -0.4 is 11.1 Å². The first-order chi connectivity index (χ1) is 7.50. The summed E-state index contributed by atoms with van der Waals surface area (Å²) in [5.74, 6) is -0.786. The van der Waals surface area contributed by atoms with Gasteiger partial charge in [-0.15, -0.1) is 0 Å². The van der Waals surface area contributed by atoms with Crippen LogP contribution in [0.2, 0.25) is 0 Å². The Bertz CT molecular complexity index is 468. The smallest absolute Gasteiger partial charge is 0.356 e. The third kappa shape index (κ3) is 3.15. The number of carbonyl (C=O) groups excluding carboxylic acids is 1. The van der Waals surface area contributed by atoms with E-state index in [1.807, 2.05) is 5.43 Å². The molecule has 0 atom stereocenters. The largest absolute Gasteiger partial charge is 0.367 e. The second-order valence-electron chi connectivity index (χ2n) is 3.05. The van der Waals surface area contributed by atoms with Crippen LogP contribution in [0.3, 0.4) is 0 Å². The lowest BCUT2D eigenvalue weighted by Crippen LogP contribution is -2.35. The van der Waals surface area contributed by atoms with Gasteiger partial charge in [-0.2, -0.15) is 10.1 Å². The van der Waals surface area contributed by atoms with Gasteiger partial charge in [0.15, 0.2) is 5.82 Å². The van der Waals surface area contributed by atoms with Gasteiger partial charge in [0.2, 0.25) is 0 Å². The molecule has 1 heterocycles. The second kappa shape index (κ2) is 5.01. The number of amides is 1. The third-order valence-electron chi connectivity index (χ3n) is 1.42. The van der Waals surface area contributed by atoms with Crippen LogP contribution in [0.15, 0.2) is 22.3 Å². The van der Waals surface area contributed by atoms with Crippen LogP contribution in [-0.4, -0.2) is 40.9 Å². The van der Waals surface area contributed by atoms with Crippen LogP contribution in [0.25, 0.3) is 0 Å². The molecule has 0 saturated carbocycles. The molecule has 0 aliphatic heterocycles. The molecule has 1 N–H and O–H groups in total. The van der Waals surface area contributed by atoms with Crippen LogP contribution in [0, 0.1) is 5.82 Å². The van der Waals surface area contributed by atoms with Gasteiger partial charge in [0.25, 0.3) is 0 Å². The van der Waals surface area contributed by atoms with Gasteiger partial charge in [-0.25, -0.2) is 24.0 Å². The number of hydrazone groups is 1. The molecule has 7 nitrogen and oxygen atoms in total. The van der Waals surface area contributed by atoms with Crippen molar-refractivity contribution in [1.82, 2.24) is 19.9 Å². The van der Waals surface area contributed by atoms with Crippen LogP contribution in [0.5, 0.6) is 0 Å². The summed E-state index contributed by atoms with van der Waals surface area (Å²) in [5.41, 5.74) is 1.17. The number of nitrogens with zero attached hydrogens (tertiary/aromatic N) is 4. The van der Waals surface area contributed by atoms with Gasteiger partial charge in [0.1, 0.15) is 6.34 Å². The Kier molecular flexibility index (Phi) is 3.70. The molecule has 86 valence electrons. The van der Waals surface area contributed by atoms with Gasteiger partial charge < -0.3 is 4.90 Å². The lowest BCUT2D eigenvalue weighted by atomic mass is 10.6. The van der Waals surface area contributed by atoms with Crippen molar-refractivity contribution >= 4 is 12.4 Å². The first-order valence-electron chi connectivity index (χ1n) is 4.25. The minimum absolute atomic E-state index is 0.488. The molecule has 0 fully saturated rings. The van der Waals surface area contributed by atoms with Crippen LogP contribution in [0.1, 0.15) is 0 Å². The van der Waals surface area contributed by atoms with E-state index in [9.17, 15) is 14.0 Å². The Labute approximate surface area is 90.2 Å². The lowest BCUT2D eigenvalue weighted by Gasteiger charge is -2.04. The van der Waals surface area contributed by atoms with Crippen molar-refractivity contribution < 1.29 is 9.18 Å². The van der Waals surface area contributed by atoms with Crippen molar-refractivity contribution in [2.75, 3.05) is 14.1 Å². The molecule has 8 heteroatoms. The van der Waals surface area contributed by atoms with Gasteiger partial charge >= 0.3 is 11.7 Å². The maximum absolute atomic E-state index is 12.7. The highest BCUT2D eigenvalue weighted by molar-refractivity contribution is 5.76. The fourth-order valence-corrected chi connectivity index (χ4v) is 0.790. The molecule has 0 saturated heterocycles. The Morgan fingerprint density at radius 1 is 1.69 bits per heavy atom. The van der Waals surface area contributed by atoms with Gasteiger partial charge in [-0.1, -0.05) is 0 Å². The molecule has 16 heavy (non-hydrogen) atoms. The van der Waals surface area contributed by atoms with E-state index in [1.54, 1.807) is 19.0 Å². The molecule has 0 radical (unpaired) electrons. The normalized spacial score (nSPS) is 10.4. The first kappa shape index (κ1) is 11.8. The third-order valence-corrected chi connectivity index (χ3v) is 1.42. The molecular formula is C8H10FN5O2. The molecule has 1 aromatic heterocycles. The van der Waals surface area contributed by atoms with Crippen LogP contribution in [-0.2, 0) is 0 Å². The number of nitrogens with one attached hydrogen (secondary N) is 1. The predicted molar refractivity (Wildman–Crippen MR) is 54.6 cm³/mol. The second-order valence-corrected chi connectivity index (χ2v) is 3.05. The summed E-state index contributed by atoms with van der Waals surface area (Å²) in [5, 5.41) is 3.51. The molecule has 1 amide bonds. The van der Waals surface area contributed by atoms with Gasteiger partial charge in [0, 0.05) is 14.1 Å². The van der Waals surface area contributed by atoms with Gasteiger partial charge in [0.05, 0.1) is 12.4 Å². The van der Waals surface area contributed by atoms with Gasteiger partial charge in [-0.3, -0.25) is 0 Å². The van der Waals surface area contributed by atoms with E-state index in [1.165, 1.54) is 6.34 Å². The van der Waals surface area contributed by atoms with E-state index in [0.29, 0.717) is 4.57 Å². The molecule has 0 aromatic carbocycles. The summed E-state index contributed by atoms with van der Waals surface area (Å²) in [7, 11) is 3.40. The topological polar surface area (TPSA) is 79.6 Å². The molecule has 1 rings (SSSR count). The van der Waals surface area contributed by atoms with E-state index in [2.05, 4.69) is 10.1 Å². The predicted octanol–water partition coefficient (Wildman–Crippen LogP) is -0.555. The SMILES string of the molecule is CN(C)C=NNC(=O)n1cc(F)cnc1=O. The first-order valence-corrected chi connectivity index (χ1v) is 4.25. The van der Waals surface area contributed by atoms with Gasteiger partial charge in [-0.05, 0) is 0 Å². The van der Waals surface area contributed by atoms with E-state index < -0.39 is 17.5 Å². The molecule has 0 aliphatic rings. The van der Waals surface area contributed by atoms with Crippen molar-refractivity contribution in [2.24, 2.45) is 5.10 Å². The minimum Gasteiger partial charge on any atom is -0.367 e. The number of hydrogen-bond donors (Lipinski definition) is 1. The standard InChI is InChI=1S/C8H10FN5O2/c1-13(2)5-11-12-8(16)14-4-6(9)3-10-7(14)15/h3-5H,1-2H3,(H,12,16). The van der Waals surface area contributed by atoms with Crippen molar-refractivity contribution in [3.8, 4) is 0 Å². The monoisotopic (exact) mass is 227 g/mol. The zero-order valence-electron chi connectivity index (χ0n) is 8.72.